The van der Waals surface area contributed by atoms with Gasteiger partial charge in [-0.05, 0) is 37.1 Å². The van der Waals surface area contributed by atoms with E-state index in [1.165, 1.54) is 5.56 Å². The largest absolute Gasteiger partial charge is 0.383 e. The molecule has 84 valence electrons. The van der Waals surface area contributed by atoms with E-state index < -0.39 is 0 Å². The third-order valence-electron chi connectivity index (χ3n) is 2.39. The van der Waals surface area contributed by atoms with Crippen LogP contribution in [0.5, 0.6) is 0 Å². The molecule has 0 aromatic carbocycles. The van der Waals surface area contributed by atoms with Gasteiger partial charge in [-0.1, -0.05) is 6.92 Å². The van der Waals surface area contributed by atoms with Crippen molar-refractivity contribution in [3.63, 3.8) is 0 Å². The number of likely N-dealkylation sites (N-methyl/N-ethyl adjacent to an activating group) is 1. The average molecular weight is 208 g/mol. The molecule has 15 heavy (non-hydrogen) atoms. The van der Waals surface area contributed by atoms with Gasteiger partial charge in [-0.3, -0.25) is 4.98 Å². The number of aromatic nitrogens is 1. The number of ether oxygens (including phenoxy) is 1. The molecule has 1 aromatic rings. The lowest BCUT2D eigenvalue weighted by molar-refractivity contribution is 0.163. The molecule has 0 radical (unpaired) electrons. The fourth-order valence-corrected chi connectivity index (χ4v) is 1.62. The lowest BCUT2D eigenvalue weighted by atomic mass is 10.1. The van der Waals surface area contributed by atoms with Gasteiger partial charge in [-0.25, -0.2) is 0 Å². The first-order chi connectivity index (χ1) is 7.36. The Bertz CT molecular complexity index is 245. The average Bonchev–Trinajstić information content (AvgIpc) is 2.28. The summed E-state index contributed by atoms with van der Waals surface area (Å²) in [6.07, 6.45) is 5.86. The molecule has 0 saturated carbocycles. The summed E-state index contributed by atoms with van der Waals surface area (Å²) in [5.74, 6) is 0. The Morgan fingerprint density at radius 1 is 1.40 bits per heavy atom. The Kier molecular flexibility index (Phi) is 5.97. The van der Waals surface area contributed by atoms with Crippen molar-refractivity contribution in [3.8, 4) is 0 Å². The van der Waals surface area contributed by atoms with E-state index in [0.717, 1.165) is 26.0 Å². The predicted octanol–water partition coefficient (Wildman–Crippen LogP) is 1.64. The number of hydrogen-bond acceptors (Lipinski definition) is 3. The predicted molar refractivity (Wildman–Crippen MR) is 61.9 cm³/mol. The fourth-order valence-electron chi connectivity index (χ4n) is 1.62. The Balaban J connectivity index is 2.33. The zero-order chi connectivity index (χ0) is 10.9. The summed E-state index contributed by atoms with van der Waals surface area (Å²) < 4.78 is 5.17. The molecule has 1 heterocycles. The minimum atomic E-state index is 0.452. The smallest absolute Gasteiger partial charge is 0.0615 e. The van der Waals surface area contributed by atoms with Crippen LogP contribution in [0, 0.1) is 0 Å². The van der Waals surface area contributed by atoms with Crippen LogP contribution < -0.4 is 5.32 Å². The Morgan fingerprint density at radius 2 is 2.13 bits per heavy atom. The molecule has 1 N–H and O–H groups in total. The molecule has 1 unspecified atom stereocenters. The van der Waals surface area contributed by atoms with Crippen LogP contribution >= 0.6 is 0 Å². The van der Waals surface area contributed by atoms with E-state index in [1.807, 2.05) is 12.4 Å². The maximum Gasteiger partial charge on any atom is 0.0615 e. The molecular weight excluding hydrogens is 188 g/mol. The summed E-state index contributed by atoms with van der Waals surface area (Å²) in [7, 11) is 1.75. The van der Waals surface area contributed by atoms with E-state index in [0.29, 0.717) is 6.04 Å². The van der Waals surface area contributed by atoms with Gasteiger partial charge in [0.2, 0.25) is 0 Å². The number of nitrogens with one attached hydrogen (secondary N) is 1. The van der Waals surface area contributed by atoms with Crippen LogP contribution in [-0.2, 0) is 11.2 Å². The van der Waals surface area contributed by atoms with Gasteiger partial charge < -0.3 is 10.1 Å². The van der Waals surface area contributed by atoms with Crippen molar-refractivity contribution < 1.29 is 4.74 Å². The molecule has 1 aromatic heterocycles. The summed E-state index contributed by atoms with van der Waals surface area (Å²) in [5, 5.41) is 3.41. The van der Waals surface area contributed by atoms with Crippen LogP contribution in [0.2, 0.25) is 0 Å². The Labute approximate surface area is 91.9 Å². The molecule has 0 fully saturated rings. The maximum atomic E-state index is 5.17. The van der Waals surface area contributed by atoms with Crippen molar-refractivity contribution in [2.45, 2.75) is 25.8 Å². The van der Waals surface area contributed by atoms with Crippen LogP contribution in [-0.4, -0.2) is 31.3 Å². The number of hydrogen-bond donors (Lipinski definition) is 1. The zero-order valence-corrected chi connectivity index (χ0v) is 9.57. The van der Waals surface area contributed by atoms with Crippen LogP contribution in [0.4, 0.5) is 0 Å². The van der Waals surface area contributed by atoms with E-state index >= 15 is 0 Å². The Hall–Kier alpha value is -0.930. The van der Waals surface area contributed by atoms with Gasteiger partial charge in [0.25, 0.3) is 0 Å². The molecule has 0 aliphatic heterocycles. The highest BCUT2D eigenvalue weighted by Gasteiger charge is 2.06. The van der Waals surface area contributed by atoms with Crippen LogP contribution in [0.15, 0.2) is 24.5 Å². The minimum absolute atomic E-state index is 0.452. The first-order valence-electron chi connectivity index (χ1n) is 5.48. The highest BCUT2D eigenvalue weighted by atomic mass is 16.5. The van der Waals surface area contributed by atoms with Crippen LogP contribution in [0.1, 0.15) is 18.9 Å². The zero-order valence-electron chi connectivity index (χ0n) is 9.57. The third-order valence-corrected chi connectivity index (χ3v) is 2.39. The topological polar surface area (TPSA) is 34.2 Å². The lowest BCUT2D eigenvalue weighted by Gasteiger charge is -2.16. The highest BCUT2D eigenvalue weighted by Crippen LogP contribution is 2.04. The number of aryl methyl sites for hydroxylation is 1. The van der Waals surface area contributed by atoms with Gasteiger partial charge >= 0.3 is 0 Å². The molecular formula is C12H20N2O. The lowest BCUT2D eigenvalue weighted by Crippen LogP contribution is -2.33. The molecule has 0 saturated heterocycles. The van der Waals surface area contributed by atoms with Crippen LogP contribution in [0.25, 0.3) is 0 Å². The van der Waals surface area contributed by atoms with Gasteiger partial charge in [0.15, 0.2) is 0 Å². The second-order valence-electron chi connectivity index (χ2n) is 3.60. The normalized spacial score (nSPS) is 12.7. The van der Waals surface area contributed by atoms with Crippen molar-refractivity contribution in [2.75, 3.05) is 20.3 Å². The van der Waals surface area contributed by atoms with Gasteiger partial charge in [0.1, 0.15) is 0 Å². The van der Waals surface area contributed by atoms with E-state index in [4.69, 9.17) is 4.74 Å². The molecule has 0 aliphatic rings. The summed E-state index contributed by atoms with van der Waals surface area (Å²) in [4.78, 5) is 4.00. The molecule has 0 bridgehead atoms. The Morgan fingerprint density at radius 3 is 2.73 bits per heavy atom. The standard InChI is InChI=1S/C12H20N2O/c1-3-14-12(10-15-2)5-4-11-6-8-13-9-7-11/h6-9,12,14H,3-5,10H2,1-2H3. The van der Waals surface area contributed by atoms with Gasteiger partial charge in [0.05, 0.1) is 6.61 Å². The van der Waals surface area contributed by atoms with Gasteiger partial charge in [-0.15, -0.1) is 0 Å². The molecule has 1 atom stereocenters. The molecule has 0 spiro atoms. The number of pyridine rings is 1. The maximum absolute atomic E-state index is 5.17. The molecule has 0 amide bonds. The van der Waals surface area contributed by atoms with E-state index in [9.17, 15) is 0 Å². The number of rotatable bonds is 7. The van der Waals surface area contributed by atoms with Crippen molar-refractivity contribution in [3.05, 3.63) is 30.1 Å². The second-order valence-corrected chi connectivity index (χ2v) is 3.60. The van der Waals surface area contributed by atoms with E-state index in [2.05, 4.69) is 29.4 Å². The highest BCUT2D eigenvalue weighted by molar-refractivity contribution is 5.09. The summed E-state index contributed by atoms with van der Waals surface area (Å²) in [5.41, 5.74) is 1.34. The number of nitrogens with zero attached hydrogens (tertiary/aromatic N) is 1. The molecule has 1 rings (SSSR count). The number of methoxy groups -OCH3 is 1. The third kappa shape index (κ3) is 4.91. The minimum Gasteiger partial charge on any atom is -0.383 e. The van der Waals surface area contributed by atoms with Gasteiger partial charge in [0, 0.05) is 25.5 Å². The van der Waals surface area contributed by atoms with Crippen molar-refractivity contribution in [2.24, 2.45) is 0 Å². The molecule has 0 aliphatic carbocycles. The fraction of sp³-hybridized carbons (Fsp3) is 0.583. The second kappa shape index (κ2) is 7.37. The summed E-state index contributed by atoms with van der Waals surface area (Å²) in [6, 6.07) is 4.58. The SMILES string of the molecule is CCNC(CCc1ccncc1)COC. The summed E-state index contributed by atoms with van der Waals surface area (Å²) >= 11 is 0. The molecule has 3 heteroatoms. The first-order valence-corrected chi connectivity index (χ1v) is 5.48. The van der Waals surface area contributed by atoms with Crippen LogP contribution in [0.3, 0.4) is 0 Å². The van der Waals surface area contributed by atoms with Crippen molar-refractivity contribution in [1.29, 1.82) is 0 Å². The van der Waals surface area contributed by atoms with E-state index in [-0.39, 0.29) is 0 Å². The quantitative estimate of drug-likeness (QED) is 0.739. The molecule has 3 nitrogen and oxygen atoms in total. The first kappa shape index (κ1) is 12.1. The van der Waals surface area contributed by atoms with Crippen molar-refractivity contribution >= 4 is 0 Å². The van der Waals surface area contributed by atoms with Gasteiger partial charge in [-0.2, -0.15) is 0 Å². The van der Waals surface area contributed by atoms with E-state index in [1.54, 1.807) is 7.11 Å². The van der Waals surface area contributed by atoms with Crippen molar-refractivity contribution in [1.82, 2.24) is 10.3 Å². The summed E-state index contributed by atoms with van der Waals surface area (Å²) in [6.45, 7) is 3.89. The monoisotopic (exact) mass is 208 g/mol.